The van der Waals surface area contributed by atoms with Crippen molar-refractivity contribution in [3.63, 3.8) is 0 Å². The minimum atomic E-state index is -0.264. The van der Waals surface area contributed by atoms with Crippen molar-refractivity contribution in [1.29, 1.82) is 0 Å². The summed E-state index contributed by atoms with van der Waals surface area (Å²) in [5.41, 5.74) is 1.93. The SMILES string of the molecule is Cc1nc(N2CCc3nc(Br)sc3C2)c2cc(F)ccc2n1. The van der Waals surface area contributed by atoms with E-state index in [0.717, 1.165) is 45.8 Å². The van der Waals surface area contributed by atoms with Crippen LogP contribution in [0.25, 0.3) is 10.9 Å². The monoisotopic (exact) mass is 378 g/mol. The summed E-state index contributed by atoms with van der Waals surface area (Å²) in [7, 11) is 0. The van der Waals surface area contributed by atoms with Crippen molar-refractivity contribution in [3.8, 4) is 0 Å². The van der Waals surface area contributed by atoms with Crippen LogP contribution in [0, 0.1) is 12.7 Å². The van der Waals surface area contributed by atoms with E-state index in [2.05, 4.69) is 35.8 Å². The molecule has 1 aliphatic heterocycles. The van der Waals surface area contributed by atoms with Gasteiger partial charge in [-0.1, -0.05) is 0 Å². The maximum absolute atomic E-state index is 13.6. The molecule has 0 unspecified atom stereocenters. The van der Waals surface area contributed by atoms with E-state index >= 15 is 0 Å². The molecule has 0 amide bonds. The van der Waals surface area contributed by atoms with Gasteiger partial charge in [0.1, 0.15) is 17.5 Å². The lowest BCUT2D eigenvalue weighted by molar-refractivity contribution is 0.629. The maximum Gasteiger partial charge on any atom is 0.159 e. The highest BCUT2D eigenvalue weighted by atomic mass is 79.9. The fourth-order valence-corrected chi connectivity index (χ4v) is 4.43. The quantitative estimate of drug-likeness (QED) is 0.644. The second-order valence-corrected chi connectivity index (χ2v) is 7.62. The number of thiazole rings is 1. The van der Waals surface area contributed by atoms with E-state index in [1.807, 2.05) is 6.92 Å². The first-order chi connectivity index (χ1) is 10.6. The average Bonchev–Trinajstić information content (AvgIpc) is 2.86. The normalized spacial score (nSPS) is 14.4. The molecular weight excluding hydrogens is 367 g/mol. The summed E-state index contributed by atoms with van der Waals surface area (Å²) in [5, 5.41) is 0.762. The van der Waals surface area contributed by atoms with Crippen molar-refractivity contribution < 1.29 is 4.39 Å². The van der Waals surface area contributed by atoms with Gasteiger partial charge in [-0.3, -0.25) is 0 Å². The molecule has 7 heteroatoms. The highest BCUT2D eigenvalue weighted by molar-refractivity contribution is 9.11. The molecule has 0 saturated carbocycles. The molecule has 0 spiro atoms. The Morgan fingerprint density at radius 1 is 1.27 bits per heavy atom. The zero-order valence-electron chi connectivity index (χ0n) is 11.8. The van der Waals surface area contributed by atoms with Gasteiger partial charge in [0.05, 0.1) is 17.8 Å². The minimum absolute atomic E-state index is 0.264. The molecule has 3 heterocycles. The van der Waals surface area contributed by atoms with Crippen LogP contribution in [0.2, 0.25) is 0 Å². The van der Waals surface area contributed by atoms with Crippen molar-refractivity contribution in [2.24, 2.45) is 0 Å². The molecule has 0 N–H and O–H groups in total. The predicted octanol–water partition coefficient (Wildman–Crippen LogP) is 3.86. The number of nitrogens with zero attached hydrogens (tertiary/aromatic N) is 4. The van der Waals surface area contributed by atoms with Crippen LogP contribution in [-0.4, -0.2) is 21.5 Å². The van der Waals surface area contributed by atoms with E-state index in [4.69, 9.17) is 0 Å². The summed E-state index contributed by atoms with van der Waals surface area (Å²) in [5.74, 6) is 1.24. The standard InChI is InChI=1S/C15H12BrFN4S/c1-8-18-11-3-2-9(17)6-10(11)14(19-8)21-5-4-12-13(7-21)22-15(16)20-12/h2-3,6H,4-5,7H2,1H3. The van der Waals surface area contributed by atoms with Crippen molar-refractivity contribution in [3.05, 3.63) is 44.3 Å². The lowest BCUT2D eigenvalue weighted by atomic mass is 10.1. The Kier molecular flexibility index (Phi) is 3.34. The van der Waals surface area contributed by atoms with Crippen LogP contribution in [0.15, 0.2) is 22.1 Å². The second kappa shape index (κ2) is 5.24. The van der Waals surface area contributed by atoms with Crippen LogP contribution in [-0.2, 0) is 13.0 Å². The van der Waals surface area contributed by atoms with Gasteiger partial charge in [-0.2, -0.15) is 0 Å². The van der Waals surface area contributed by atoms with Crippen LogP contribution < -0.4 is 4.90 Å². The third-order valence-electron chi connectivity index (χ3n) is 3.75. The number of hydrogen-bond donors (Lipinski definition) is 0. The van der Waals surface area contributed by atoms with Crippen LogP contribution in [0.4, 0.5) is 10.2 Å². The highest BCUT2D eigenvalue weighted by Gasteiger charge is 2.23. The molecule has 3 aromatic rings. The Morgan fingerprint density at radius 3 is 3.00 bits per heavy atom. The summed E-state index contributed by atoms with van der Waals surface area (Å²) >= 11 is 5.09. The van der Waals surface area contributed by atoms with E-state index < -0.39 is 0 Å². The van der Waals surface area contributed by atoms with Gasteiger partial charge in [0.15, 0.2) is 3.92 Å². The van der Waals surface area contributed by atoms with Crippen molar-refractivity contribution in [1.82, 2.24) is 15.0 Å². The highest BCUT2D eigenvalue weighted by Crippen LogP contribution is 2.32. The molecule has 2 aromatic heterocycles. The van der Waals surface area contributed by atoms with Gasteiger partial charge in [-0.05, 0) is 41.1 Å². The molecule has 0 saturated heterocycles. The van der Waals surface area contributed by atoms with Crippen molar-refractivity contribution in [2.45, 2.75) is 19.9 Å². The summed E-state index contributed by atoms with van der Waals surface area (Å²) in [4.78, 5) is 16.9. The molecule has 0 radical (unpaired) electrons. The lowest BCUT2D eigenvalue weighted by Crippen LogP contribution is -2.30. The van der Waals surface area contributed by atoms with Crippen LogP contribution in [0.3, 0.4) is 0 Å². The first-order valence-electron chi connectivity index (χ1n) is 6.93. The van der Waals surface area contributed by atoms with Crippen molar-refractivity contribution in [2.75, 3.05) is 11.4 Å². The minimum Gasteiger partial charge on any atom is -0.350 e. The second-order valence-electron chi connectivity index (χ2n) is 5.26. The smallest absolute Gasteiger partial charge is 0.159 e. The number of anilines is 1. The van der Waals surface area contributed by atoms with E-state index in [-0.39, 0.29) is 5.82 Å². The molecule has 1 aromatic carbocycles. The Hall–Kier alpha value is -1.60. The molecule has 112 valence electrons. The molecule has 4 nitrogen and oxygen atoms in total. The number of aromatic nitrogens is 3. The molecular formula is C15H12BrFN4S. The largest absolute Gasteiger partial charge is 0.350 e. The Bertz CT molecular complexity index is 879. The van der Waals surface area contributed by atoms with Gasteiger partial charge in [0.2, 0.25) is 0 Å². The number of fused-ring (bicyclic) bond motifs is 2. The predicted molar refractivity (Wildman–Crippen MR) is 88.8 cm³/mol. The molecule has 0 aliphatic carbocycles. The number of rotatable bonds is 1. The zero-order chi connectivity index (χ0) is 15.3. The third kappa shape index (κ3) is 2.38. The number of hydrogen-bond acceptors (Lipinski definition) is 5. The lowest BCUT2D eigenvalue weighted by Gasteiger charge is -2.28. The summed E-state index contributed by atoms with van der Waals surface area (Å²) in [6.45, 7) is 3.44. The first-order valence-corrected chi connectivity index (χ1v) is 8.54. The molecule has 0 bridgehead atoms. The van der Waals surface area contributed by atoms with E-state index in [0.29, 0.717) is 5.82 Å². The number of aryl methyl sites for hydroxylation is 1. The molecule has 0 atom stereocenters. The van der Waals surface area contributed by atoms with E-state index in [9.17, 15) is 4.39 Å². The van der Waals surface area contributed by atoms with E-state index in [1.54, 1.807) is 17.4 Å². The first kappa shape index (κ1) is 14.0. The Morgan fingerprint density at radius 2 is 2.14 bits per heavy atom. The average molecular weight is 379 g/mol. The molecule has 0 fully saturated rings. The zero-order valence-corrected chi connectivity index (χ0v) is 14.2. The number of benzene rings is 1. The summed E-state index contributed by atoms with van der Waals surface area (Å²) < 4.78 is 14.5. The number of halogens is 2. The van der Waals surface area contributed by atoms with Gasteiger partial charge in [0, 0.05) is 23.2 Å². The topological polar surface area (TPSA) is 41.9 Å². The fourth-order valence-electron chi connectivity index (χ4n) is 2.78. The van der Waals surface area contributed by atoms with Gasteiger partial charge < -0.3 is 4.90 Å². The van der Waals surface area contributed by atoms with Crippen molar-refractivity contribution >= 4 is 44.0 Å². The summed E-state index contributed by atoms with van der Waals surface area (Å²) in [6.07, 6.45) is 0.872. The fraction of sp³-hybridized carbons (Fsp3) is 0.267. The molecule has 4 rings (SSSR count). The van der Waals surface area contributed by atoms with Crippen LogP contribution in [0.5, 0.6) is 0 Å². The van der Waals surface area contributed by atoms with Gasteiger partial charge in [0.25, 0.3) is 0 Å². The van der Waals surface area contributed by atoms with Crippen LogP contribution >= 0.6 is 27.3 Å². The van der Waals surface area contributed by atoms with E-state index in [1.165, 1.54) is 17.0 Å². The van der Waals surface area contributed by atoms with Crippen LogP contribution in [0.1, 0.15) is 16.4 Å². The van der Waals surface area contributed by atoms with Gasteiger partial charge >= 0.3 is 0 Å². The Balaban J connectivity index is 1.82. The van der Waals surface area contributed by atoms with Gasteiger partial charge in [-0.25, -0.2) is 19.3 Å². The van der Waals surface area contributed by atoms with Gasteiger partial charge in [-0.15, -0.1) is 11.3 Å². The Labute approximate surface area is 139 Å². The maximum atomic E-state index is 13.6. The summed E-state index contributed by atoms with van der Waals surface area (Å²) in [6, 6.07) is 4.66. The third-order valence-corrected chi connectivity index (χ3v) is 5.29. The molecule has 1 aliphatic rings. The molecule has 22 heavy (non-hydrogen) atoms.